The van der Waals surface area contributed by atoms with Crippen LogP contribution in [0, 0.1) is 19.7 Å². The van der Waals surface area contributed by atoms with Gasteiger partial charge in [0.15, 0.2) is 0 Å². The SMILES string of the molecule is Cc1cc(CNC(=O)CSCC(=O)Nc2c(C)n(C)n(-c3ccccc3)c2=O)ccc1F. The number of hydrogen-bond acceptors (Lipinski definition) is 4. The number of benzene rings is 2. The van der Waals surface area contributed by atoms with Crippen molar-refractivity contribution in [3.63, 3.8) is 0 Å². The fourth-order valence-electron chi connectivity index (χ4n) is 3.19. The zero-order valence-electron chi connectivity index (χ0n) is 18.1. The second-order valence-electron chi connectivity index (χ2n) is 7.34. The number of carbonyl (C=O) groups is 2. The predicted octanol–water partition coefficient (Wildman–Crippen LogP) is 2.92. The molecule has 2 amide bonds. The average Bonchev–Trinajstić information content (AvgIpc) is 2.98. The number of amides is 2. The second-order valence-corrected chi connectivity index (χ2v) is 8.32. The number of halogens is 1. The van der Waals surface area contributed by atoms with Crippen LogP contribution in [-0.4, -0.2) is 32.7 Å². The molecular formula is C23H25FN4O3S. The van der Waals surface area contributed by atoms with Crippen LogP contribution < -0.4 is 16.2 Å². The Bertz CT molecular complexity index is 1190. The first-order chi connectivity index (χ1) is 15.3. The topological polar surface area (TPSA) is 85.1 Å². The first-order valence-corrected chi connectivity index (χ1v) is 11.2. The molecule has 3 rings (SSSR count). The van der Waals surface area contributed by atoms with E-state index < -0.39 is 0 Å². The van der Waals surface area contributed by atoms with Gasteiger partial charge in [0.1, 0.15) is 11.5 Å². The summed E-state index contributed by atoms with van der Waals surface area (Å²) in [5.74, 6) is -0.751. The Labute approximate surface area is 189 Å². The van der Waals surface area contributed by atoms with E-state index in [2.05, 4.69) is 10.6 Å². The summed E-state index contributed by atoms with van der Waals surface area (Å²) >= 11 is 1.15. The third-order valence-corrected chi connectivity index (χ3v) is 5.93. The van der Waals surface area contributed by atoms with E-state index >= 15 is 0 Å². The number of nitrogens with one attached hydrogen (secondary N) is 2. The minimum absolute atomic E-state index is 0.0299. The Kier molecular flexibility index (Phi) is 7.53. The van der Waals surface area contributed by atoms with Crippen molar-refractivity contribution >= 4 is 29.3 Å². The average molecular weight is 457 g/mol. The lowest BCUT2D eigenvalue weighted by Crippen LogP contribution is -2.26. The van der Waals surface area contributed by atoms with Gasteiger partial charge in [-0.3, -0.25) is 19.1 Å². The highest BCUT2D eigenvalue weighted by atomic mass is 32.2. The standard InChI is InChI=1S/C23H25FN4O3S/c1-15-11-17(9-10-19(15)24)12-25-20(29)13-32-14-21(30)26-22-16(2)27(3)28(23(22)31)18-7-5-4-6-8-18/h4-11H,12-14H2,1-3H3,(H,25,29)(H,26,30). The third kappa shape index (κ3) is 5.47. The lowest BCUT2D eigenvalue weighted by Gasteiger charge is -2.07. The Morgan fingerprint density at radius 3 is 2.41 bits per heavy atom. The summed E-state index contributed by atoms with van der Waals surface area (Å²) in [6.07, 6.45) is 0. The molecule has 0 fully saturated rings. The number of nitrogens with zero attached hydrogens (tertiary/aromatic N) is 2. The van der Waals surface area contributed by atoms with E-state index in [0.717, 1.165) is 17.3 Å². The zero-order chi connectivity index (χ0) is 23.3. The fourth-order valence-corrected chi connectivity index (χ4v) is 3.84. The molecule has 1 heterocycles. The van der Waals surface area contributed by atoms with Crippen molar-refractivity contribution in [1.29, 1.82) is 0 Å². The highest BCUT2D eigenvalue weighted by Crippen LogP contribution is 2.14. The number of anilines is 1. The second kappa shape index (κ2) is 10.3. The summed E-state index contributed by atoms with van der Waals surface area (Å²) in [6.45, 7) is 3.71. The van der Waals surface area contributed by atoms with E-state index in [9.17, 15) is 18.8 Å². The van der Waals surface area contributed by atoms with E-state index in [1.165, 1.54) is 10.7 Å². The first-order valence-electron chi connectivity index (χ1n) is 10.0. The predicted molar refractivity (Wildman–Crippen MR) is 125 cm³/mol. The van der Waals surface area contributed by atoms with Gasteiger partial charge in [-0.1, -0.05) is 30.3 Å². The molecule has 0 atom stereocenters. The largest absolute Gasteiger partial charge is 0.351 e. The molecule has 7 nitrogen and oxygen atoms in total. The van der Waals surface area contributed by atoms with Gasteiger partial charge in [0.25, 0.3) is 5.56 Å². The molecule has 168 valence electrons. The van der Waals surface area contributed by atoms with Crippen LogP contribution in [0.5, 0.6) is 0 Å². The van der Waals surface area contributed by atoms with Crippen molar-refractivity contribution < 1.29 is 14.0 Å². The number of para-hydroxylation sites is 1. The van der Waals surface area contributed by atoms with Crippen LogP contribution in [-0.2, 0) is 23.2 Å². The number of aromatic nitrogens is 2. The van der Waals surface area contributed by atoms with E-state index in [1.54, 1.807) is 37.7 Å². The zero-order valence-corrected chi connectivity index (χ0v) is 19.0. The normalized spacial score (nSPS) is 10.8. The molecule has 0 aliphatic heterocycles. The van der Waals surface area contributed by atoms with Crippen LogP contribution in [0.1, 0.15) is 16.8 Å². The molecule has 0 spiro atoms. The van der Waals surface area contributed by atoms with Crippen molar-refractivity contribution in [2.45, 2.75) is 20.4 Å². The van der Waals surface area contributed by atoms with Gasteiger partial charge >= 0.3 is 0 Å². The maximum atomic E-state index is 13.3. The molecule has 0 saturated carbocycles. The van der Waals surface area contributed by atoms with Gasteiger partial charge in [-0.05, 0) is 43.2 Å². The summed E-state index contributed by atoms with van der Waals surface area (Å²) in [6, 6.07) is 13.8. The van der Waals surface area contributed by atoms with Gasteiger partial charge in [0, 0.05) is 13.6 Å². The molecule has 0 bridgehead atoms. The Morgan fingerprint density at radius 2 is 1.72 bits per heavy atom. The minimum Gasteiger partial charge on any atom is -0.351 e. The first kappa shape index (κ1) is 23.3. The molecule has 0 saturated heterocycles. The van der Waals surface area contributed by atoms with Crippen molar-refractivity contribution in [3.05, 3.63) is 81.5 Å². The summed E-state index contributed by atoms with van der Waals surface area (Å²) in [5, 5.41) is 5.42. The highest BCUT2D eigenvalue weighted by molar-refractivity contribution is 8.00. The number of aryl methyl sites for hydroxylation is 1. The number of rotatable bonds is 8. The van der Waals surface area contributed by atoms with Crippen LogP contribution in [0.2, 0.25) is 0 Å². The van der Waals surface area contributed by atoms with Crippen LogP contribution in [0.25, 0.3) is 5.69 Å². The lowest BCUT2D eigenvalue weighted by molar-refractivity contribution is -0.118. The summed E-state index contributed by atoms with van der Waals surface area (Å²) in [5.41, 5.74) is 2.55. The van der Waals surface area contributed by atoms with Crippen molar-refractivity contribution in [2.75, 3.05) is 16.8 Å². The molecular weight excluding hydrogens is 431 g/mol. The maximum absolute atomic E-state index is 13.3. The molecule has 2 N–H and O–H groups in total. The molecule has 0 radical (unpaired) electrons. The van der Waals surface area contributed by atoms with Gasteiger partial charge in [-0.25, -0.2) is 9.07 Å². The summed E-state index contributed by atoms with van der Waals surface area (Å²) in [7, 11) is 1.75. The van der Waals surface area contributed by atoms with Crippen molar-refractivity contribution in [1.82, 2.24) is 14.7 Å². The van der Waals surface area contributed by atoms with Gasteiger partial charge in [0.2, 0.25) is 11.8 Å². The van der Waals surface area contributed by atoms with Gasteiger partial charge in [-0.15, -0.1) is 11.8 Å². The Morgan fingerprint density at radius 1 is 1.03 bits per heavy atom. The summed E-state index contributed by atoms with van der Waals surface area (Å²) < 4.78 is 16.5. The van der Waals surface area contributed by atoms with E-state index in [1.807, 2.05) is 30.3 Å². The quantitative estimate of drug-likeness (QED) is 0.546. The number of thioether (sulfide) groups is 1. The van der Waals surface area contributed by atoms with Gasteiger partial charge in [-0.2, -0.15) is 0 Å². The smallest absolute Gasteiger partial charge is 0.295 e. The monoisotopic (exact) mass is 456 g/mol. The molecule has 32 heavy (non-hydrogen) atoms. The highest BCUT2D eigenvalue weighted by Gasteiger charge is 2.18. The molecule has 9 heteroatoms. The summed E-state index contributed by atoms with van der Waals surface area (Å²) in [4.78, 5) is 37.2. The number of carbonyl (C=O) groups excluding carboxylic acids is 2. The lowest BCUT2D eigenvalue weighted by atomic mass is 10.1. The molecule has 2 aromatic carbocycles. The van der Waals surface area contributed by atoms with Crippen LogP contribution in [0.3, 0.4) is 0 Å². The van der Waals surface area contributed by atoms with Crippen molar-refractivity contribution in [3.8, 4) is 5.69 Å². The van der Waals surface area contributed by atoms with Gasteiger partial charge in [0.05, 0.1) is 22.9 Å². The maximum Gasteiger partial charge on any atom is 0.295 e. The van der Waals surface area contributed by atoms with E-state index in [4.69, 9.17) is 0 Å². The molecule has 0 aliphatic carbocycles. The van der Waals surface area contributed by atoms with E-state index in [0.29, 0.717) is 16.9 Å². The van der Waals surface area contributed by atoms with Crippen LogP contribution in [0.15, 0.2) is 53.3 Å². The van der Waals surface area contributed by atoms with Crippen LogP contribution in [0.4, 0.5) is 10.1 Å². The molecule has 0 aliphatic rings. The van der Waals surface area contributed by atoms with Crippen LogP contribution >= 0.6 is 11.8 Å². The molecule has 0 unspecified atom stereocenters. The van der Waals surface area contributed by atoms with E-state index in [-0.39, 0.29) is 46.9 Å². The Balaban J connectivity index is 1.51. The Hall–Kier alpha value is -3.33. The van der Waals surface area contributed by atoms with Gasteiger partial charge < -0.3 is 10.6 Å². The minimum atomic E-state index is -0.358. The third-order valence-electron chi connectivity index (χ3n) is 5.00. The molecule has 1 aromatic heterocycles. The number of hydrogen-bond donors (Lipinski definition) is 2. The van der Waals surface area contributed by atoms with Crippen molar-refractivity contribution in [2.24, 2.45) is 7.05 Å². The fraction of sp³-hybridized carbons (Fsp3) is 0.261. The molecule has 3 aromatic rings.